The predicted molar refractivity (Wildman–Crippen MR) is 93.3 cm³/mol. The zero-order valence-corrected chi connectivity index (χ0v) is 14.3. The Morgan fingerprint density at radius 3 is 2.48 bits per heavy atom. The normalized spacial score (nSPS) is 12.1. The van der Waals surface area contributed by atoms with E-state index in [-0.39, 0.29) is 5.91 Å². The number of para-hydroxylation sites is 1. The molecule has 4 nitrogen and oxygen atoms in total. The van der Waals surface area contributed by atoms with E-state index in [0.29, 0.717) is 12.5 Å². The number of anilines is 1. The molecule has 0 saturated carbocycles. The molecule has 0 aliphatic rings. The van der Waals surface area contributed by atoms with E-state index in [1.807, 2.05) is 30.3 Å². The summed E-state index contributed by atoms with van der Waals surface area (Å²) in [7, 11) is 1.67. The predicted octanol–water partition coefficient (Wildman–Crippen LogP) is 3.97. The lowest BCUT2D eigenvalue weighted by Crippen LogP contribution is -2.24. The Morgan fingerprint density at radius 2 is 1.87 bits per heavy atom. The molecule has 23 heavy (non-hydrogen) atoms. The third-order valence-corrected chi connectivity index (χ3v) is 3.84. The number of amides is 1. The summed E-state index contributed by atoms with van der Waals surface area (Å²) in [6, 6.07) is 9.28. The third kappa shape index (κ3) is 7.13. The van der Waals surface area contributed by atoms with Crippen molar-refractivity contribution < 1.29 is 14.3 Å². The number of esters is 1. The maximum absolute atomic E-state index is 12.0. The van der Waals surface area contributed by atoms with Gasteiger partial charge in [0.15, 0.2) is 0 Å². The van der Waals surface area contributed by atoms with E-state index in [4.69, 9.17) is 4.74 Å². The lowest BCUT2D eigenvalue weighted by Gasteiger charge is -2.15. The Bertz CT molecular complexity index is 511. The first-order valence-corrected chi connectivity index (χ1v) is 8.26. The summed E-state index contributed by atoms with van der Waals surface area (Å²) >= 11 is 0. The summed E-state index contributed by atoms with van der Waals surface area (Å²) in [4.78, 5) is 25.2. The number of carbonyl (C=O) groups excluding carboxylic acids is 2. The van der Waals surface area contributed by atoms with Gasteiger partial charge in [-0.2, -0.15) is 0 Å². The number of nitrogens with zero attached hydrogens (tertiary/aromatic N) is 1. The summed E-state index contributed by atoms with van der Waals surface area (Å²) in [5, 5.41) is 0. The van der Waals surface area contributed by atoms with E-state index < -0.39 is 5.97 Å². The molecule has 1 aromatic rings. The Labute approximate surface area is 139 Å². The van der Waals surface area contributed by atoms with Gasteiger partial charge in [0.25, 0.3) is 5.91 Å². The molecule has 1 atom stereocenters. The largest absolute Gasteiger partial charge is 0.462 e. The van der Waals surface area contributed by atoms with Gasteiger partial charge in [-0.15, -0.1) is 0 Å². The van der Waals surface area contributed by atoms with Crippen LogP contribution in [0.2, 0.25) is 0 Å². The number of carbonyl (C=O) groups is 2. The molecule has 1 rings (SSSR count). The molecule has 126 valence electrons. The first kappa shape index (κ1) is 18.9. The van der Waals surface area contributed by atoms with E-state index >= 15 is 0 Å². The van der Waals surface area contributed by atoms with Crippen molar-refractivity contribution in [1.82, 2.24) is 0 Å². The summed E-state index contributed by atoms with van der Waals surface area (Å²) in [5.41, 5.74) is 0.779. The minimum Gasteiger partial charge on any atom is -0.462 e. The van der Waals surface area contributed by atoms with Gasteiger partial charge >= 0.3 is 5.97 Å². The molecular weight excluding hydrogens is 290 g/mol. The van der Waals surface area contributed by atoms with Gasteiger partial charge in [-0.1, -0.05) is 51.3 Å². The van der Waals surface area contributed by atoms with Crippen molar-refractivity contribution in [3.8, 4) is 0 Å². The third-order valence-electron chi connectivity index (χ3n) is 3.84. The fraction of sp³-hybridized carbons (Fsp3) is 0.474. The highest BCUT2D eigenvalue weighted by atomic mass is 16.5. The summed E-state index contributed by atoms with van der Waals surface area (Å²) in [5.74, 6) is -0.323. The van der Waals surface area contributed by atoms with Crippen LogP contribution in [0.25, 0.3) is 0 Å². The molecular formula is C19H27NO3. The van der Waals surface area contributed by atoms with Crippen molar-refractivity contribution in [2.45, 2.75) is 39.5 Å². The van der Waals surface area contributed by atoms with Gasteiger partial charge in [0.2, 0.25) is 0 Å². The number of unbranched alkanes of at least 4 members (excludes halogenated alkanes) is 1. The van der Waals surface area contributed by atoms with Crippen LogP contribution in [0, 0.1) is 5.92 Å². The second-order valence-corrected chi connectivity index (χ2v) is 5.61. The Hall–Kier alpha value is -2.10. The monoisotopic (exact) mass is 317 g/mol. The minimum atomic E-state index is -0.463. The van der Waals surface area contributed by atoms with Crippen LogP contribution in [0.3, 0.4) is 0 Å². The van der Waals surface area contributed by atoms with Crippen molar-refractivity contribution in [2.24, 2.45) is 5.92 Å². The van der Waals surface area contributed by atoms with E-state index in [1.54, 1.807) is 7.05 Å². The summed E-state index contributed by atoms with van der Waals surface area (Å²) < 4.78 is 5.23. The van der Waals surface area contributed by atoms with Crippen molar-refractivity contribution in [3.05, 3.63) is 42.5 Å². The SMILES string of the molecule is CCCCC(CC)COC(=O)/C=C/C(=O)N(C)c1ccccc1. The van der Waals surface area contributed by atoms with E-state index in [1.165, 1.54) is 17.1 Å². The molecule has 0 aliphatic heterocycles. The van der Waals surface area contributed by atoms with Crippen LogP contribution in [0.15, 0.2) is 42.5 Å². The minimum absolute atomic E-state index is 0.258. The van der Waals surface area contributed by atoms with E-state index in [2.05, 4.69) is 13.8 Å². The molecule has 0 aromatic heterocycles. The second-order valence-electron chi connectivity index (χ2n) is 5.61. The van der Waals surface area contributed by atoms with Gasteiger partial charge in [0.05, 0.1) is 6.61 Å². The molecule has 0 heterocycles. The van der Waals surface area contributed by atoms with Gasteiger partial charge in [-0.05, 0) is 24.5 Å². The van der Waals surface area contributed by atoms with Gasteiger partial charge in [-0.3, -0.25) is 4.79 Å². The average molecular weight is 317 g/mol. The molecule has 0 N–H and O–H groups in total. The zero-order chi connectivity index (χ0) is 17.1. The van der Waals surface area contributed by atoms with E-state index in [0.717, 1.165) is 31.4 Å². The average Bonchev–Trinajstić information content (AvgIpc) is 2.59. The molecule has 4 heteroatoms. The number of hydrogen-bond donors (Lipinski definition) is 0. The molecule has 1 amide bonds. The molecule has 0 saturated heterocycles. The highest BCUT2D eigenvalue weighted by Crippen LogP contribution is 2.13. The lowest BCUT2D eigenvalue weighted by atomic mass is 10.0. The molecule has 1 unspecified atom stereocenters. The topological polar surface area (TPSA) is 46.6 Å². The molecule has 1 aromatic carbocycles. The Balaban J connectivity index is 2.43. The standard InChI is InChI=1S/C19H27NO3/c1-4-6-10-16(5-2)15-23-19(22)14-13-18(21)20(3)17-11-8-7-9-12-17/h7-9,11-14,16H,4-6,10,15H2,1-3H3/b14-13+. The lowest BCUT2D eigenvalue weighted by molar-refractivity contribution is -0.139. The zero-order valence-electron chi connectivity index (χ0n) is 14.3. The molecule has 0 aliphatic carbocycles. The molecule has 0 bridgehead atoms. The van der Waals surface area contributed by atoms with Crippen LogP contribution >= 0.6 is 0 Å². The second kappa shape index (κ2) is 10.6. The number of hydrogen-bond acceptors (Lipinski definition) is 3. The van der Waals surface area contributed by atoms with Crippen LogP contribution in [0.1, 0.15) is 39.5 Å². The van der Waals surface area contributed by atoms with Gasteiger partial charge in [0.1, 0.15) is 0 Å². The van der Waals surface area contributed by atoms with Crippen molar-refractivity contribution >= 4 is 17.6 Å². The Morgan fingerprint density at radius 1 is 1.17 bits per heavy atom. The number of rotatable bonds is 9. The van der Waals surface area contributed by atoms with Crippen LogP contribution in [-0.2, 0) is 14.3 Å². The fourth-order valence-corrected chi connectivity index (χ4v) is 2.18. The van der Waals surface area contributed by atoms with Crippen LogP contribution in [-0.4, -0.2) is 25.5 Å². The highest BCUT2D eigenvalue weighted by Gasteiger charge is 2.10. The molecule has 0 radical (unpaired) electrons. The molecule has 0 fully saturated rings. The number of benzene rings is 1. The summed E-state index contributed by atoms with van der Waals surface area (Å²) in [6.07, 6.45) is 6.81. The van der Waals surface area contributed by atoms with Crippen molar-refractivity contribution in [3.63, 3.8) is 0 Å². The van der Waals surface area contributed by atoms with Crippen molar-refractivity contribution in [1.29, 1.82) is 0 Å². The first-order valence-electron chi connectivity index (χ1n) is 8.26. The summed E-state index contributed by atoms with van der Waals surface area (Å²) in [6.45, 7) is 4.67. The maximum atomic E-state index is 12.0. The van der Waals surface area contributed by atoms with Gasteiger partial charge in [0, 0.05) is 24.9 Å². The van der Waals surface area contributed by atoms with Gasteiger partial charge < -0.3 is 9.64 Å². The first-order chi connectivity index (χ1) is 11.1. The highest BCUT2D eigenvalue weighted by molar-refractivity contribution is 6.03. The van der Waals surface area contributed by atoms with Crippen LogP contribution < -0.4 is 4.90 Å². The number of likely N-dealkylation sites (N-methyl/N-ethyl adjacent to an activating group) is 1. The fourth-order valence-electron chi connectivity index (χ4n) is 2.18. The van der Waals surface area contributed by atoms with Gasteiger partial charge in [-0.25, -0.2) is 4.79 Å². The molecule has 0 spiro atoms. The van der Waals surface area contributed by atoms with Crippen LogP contribution in [0.4, 0.5) is 5.69 Å². The quantitative estimate of drug-likeness (QED) is 0.511. The Kier molecular flexibility index (Phi) is 8.73. The van der Waals surface area contributed by atoms with Crippen LogP contribution in [0.5, 0.6) is 0 Å². The number of ether oxygens (including phenoxy) is 1. The van der Waals surface area contributed by atoms with Crippen molar-refractivity contribution in [2.75, 3.05) is 18.6 Å². The smallest absolute Gasteiger partial charge is 0.330 e. The van der Waals surface area contributed by atoms with E-state index in [9.17, 15) is 9.59 Å². The maximum Gasteiger partial charge on any atom is 0.330 e.